The van der Waals surface area contributed by atoms with Gasteiger partial charge in [-0.3, -0.25) is 13.9 Å². The van der Waals surface area contributed by atoms with E-state index in [4.69, 9.17) is 4.74 Å². The molecule has 0 aliphatic carbocycles. The van der Waals surface area contributed by atoms with Gasteiger partial charge in [-0.15, -0.1) is 0 Å². The topological polar surface area (TPSA) is 96.0 Å². The molecule has 36 heavy (non-hydrogen) atoms. The zero-order valence-corrected chi connectivity index (χ0v) is 22.8. The number of anilines is 1. The van der Waals surface area contributed by atoms with Crippen LogP contribution in [-0.4, -0.2) is 57.1 Å². The number of carbonyl (C=O) groups excluding carboxylic acids is 2. The van der Waals surface area contributed by atoms with E-state index in [1.807, 2.05) is 51.1 Å². The third-order valence-corrected chi connectivity index (χ3v) is 7.27. The molecule has 0 aliphatic heterocycles. The predicted octanol–water partition coefficient (Wildman–Crippen LogP) is 3.96. The quantitative estimate of drug-likeness (QED) is 0.409. The van der Waals surface area contributed by atoms with Crippen molar-refractivity contribution < 1.29 is 22.7 Å². The first-order valence-electron chi connectivity index (χ1n) is 12.4. The van der Waals surface area contributed by atoms with Gasteiger partial charge in [0.05, 0.1) is 19.1 Å². The number of hydrogen-bond acceptors (Lipinski definition) is 5. The minimum atomic E-state index is -3.60. The average molecular weight is 518 g/mol. The highest BCUT2D eigenvalue weighted by molar-refractivity contribution is 7.92. The van der Waals surface area contributed by atoms with Gasteiger partial charge in [-0.25, -0.2) is 8.42 Å². The smallest absolute Gasteiger partial charge is 0.243 e. The van der Waals surface area contributed by atoms with E-state index in [0.717, 1.165) is 18.2 Å². The van der Waals surface area contributed by atoms with Gasteiger partial charge in [0.25, 0.3) is 0 Å². The van der Waals surface area contributed by atoms with Gasteiger partial charge >= 0.3 is 0 Å². The molecule has 0 heterocycles. The van der Waals surface area contributed by atoms with E-state index < -0.39 is 16.1 Å². The van der Waals surface area contributed by atoms with Crippen LogP contribution in [0.3, 0.4) is 0 Å². The fourth-order valence-electron chi connectivity index (χ4n) is 3.96. The minimum absolute atomic E-state index is 0.00407. The van der Waals surface area contributed by atoms with E-state index in [2.05, 4.69) is 5.32 Å². The molecule has 2 atom stereocenters. The van der Waals surface area contributed by atoms with Crippen molar-refractivity contribution in [1.82, 2.24) is 10.2 Å². The van der Waals surface area contributed by atoms with E-state index in [1.54, 1.807) is 29.2 Å². The highest BCUT2D eigenvalue weighted by Gasteiger charge is 2.29. The molecule has 0 unspecified atom stereocenters. The van der Waals surface area contributed by atoms with E-state index >= 15 is 0 Å². The molecule has 2 aromatic rings. The van der Waals surface area contributed by atoms with Crippen molar-refractivity contribution in [1.29, 1.82) is 0 Å². The number of ether oxygens (including phenoxy) is 1. The Balaban J connectivity index is 2.22. The molecule has 0 spiro atoms. The maximum absolute atomic E-state index is 13.5. The van der Waals surface area contributed by atoms with Crippen LogP contribution in [0.2, 0.25) is 0 Å². The van der Waals surface area contributed by atoms with Gasteiger partial charge in [-0.05, 0) is 43.9 Å². The van der Waals surface area contributed by atoms with Crippen LogP contribution < -0.4 is 14.4 Å². The number of para-hydroxylation sites is 2. The molecule has 1 N–H and O–H groups in total. The molecule has 0 bridgehead atoms. The number of amides is 2. The van der Waals surface area contributed by atoms with E-state index in [9.17, 15) is 18.0 Å². The molecule has 0 saturated heterocycles. The van der Waals surface area contributed by atoms with E-state index in [-0.39, 0.29) is 30.8 Å². The molecular formula is C27H39N3O5S. The van der Waals surface area contributed by atoms with Crippen LogP contribution in [-0.2, 0) is 26.2 Å². The van der Waals surface area contributed by atoms with Gasteiger partial charge < -0.3 is 15.0 Å². The van der Waals surface area contributed by atoms with Crippen LogP contribution in [0, 0.1) is 0 Å². The zero-order valence-electron chi connectivity index (χ0n) is 21.9. The van der Waals surface area contributed by atoms with Crippen LogP contribution >= 0.6 is 0 Å². The number of rotatable bonds is 14. The Labute approximate surface area is 215 Å². The Bertz CT molecular complexity index is 1090. The number of sulfonamides is 1. The summed E-state index contributed by atoms with van der Waals surface area (Å²) in [5, 5.41) is 3.00. The second-order valence-corrected chi connectivity index (χ2v) is 10.8. The third kappa shape index (κ3) is 8.26. The van der Waals surface area contributed by atoms with Crippen molar-refractivity contribution in [2.24, 2.45) is 0 Å². The molecule has 0 saturated carbocycles. The van der Waals surface area contributed by atoms with Gasteiger partial charge in [0.2, 0.25) is 21.8 Å². The Morgan fingerprint density at radius 3 is 2.22 bits per heavy atom. The summed E-state index contributed by atoms with van der Waals surface area (Å²) >= 11 is 0. The lowest BCUT2D eigenvalue weighted by molar-refractivity contribution is -0.141. The summed E-state index contributed by atoms with van der Waals surface area (Å²) in [6, 6.07) is 15.8. The summed E-state index contributed by atoms with van der Waals surface area (Å²) in [6.07, 6.45) is 2.78. The largest absolute Gasteiger partial charge is 0.495 e. The minimum Gasteiger partial charge on any atom is -0.495 e. The van der Waals surface area contributed by atoms with Gasteiger partial charge in [0.15, 0.2) is 0 Å². The van der Waals surface area contributed by atoms with Gasteiger partial charge in [-0.1, -0.05) is 56.3 Å². The molecule has 0 radical (unpaired) electrons. The summed E-state index contributed by atoms with van der Waals surface area (Å²) in [6.45, 7) is 6.23. The Morgan fingerprint density at radius 1 is 1.00 bits per heavy atom. The molecule has 198 valence electrons. The Morgan fingerprint density at radius 2 is 1.64 bits per heavy atom. The Hall–Kier alpha value is -3.07. The molecule has 9 heteroatoms. The maximum atomic E-state index is 13.5. The summed E-state index contributed by atoms with van der Waals surface area (Å²) < 4.78 is 31.7. The first-order chi connectivity index (χ1) is 17.1. The number of benzene rings is 2. The Kier molecular flexibility index (Phi) is 11.2. The second kappa shape index (κ2) is 13.9. The van der Waals surface area contributed by atoms with Gasteiger partial charge in [0.1, 0.15) is 11.8 Å². The lowest BCUT2D eigenvalue weighted by Gasteiger charge is -2.32. The molecule has 2 rings (SSSR count). The van der Waals surface area contributed by atoms with Gasteiger partial charge in [0, 0.05) is 25.6 Å². The van der Waals surface area contributed by atoms with Crippen LogP contribution in [0.4, 0.5) is 5.69 Å². The molecule has 0 aromatic heterocycles. The number of nitrogens with one attached hydrogen (secondary N) is 1. The molecule has 0 fully saturated rings. The molecule has 8 nitrogen and oxygen atoms in total. The highest BCUT2D eigenvalue weighted by atomic mass is 32.2. The normalized spacial score (nSPS) is 12.9. The van der Waals surface area contributed by atoms with E-state index in [0.29, 0.717) is 30.8 Å². The first-order valence-corrected chi connectivity index (χ1v) is 14.2. The zero-order chi connectivity index (χ0) is 26.7. The summed E-state index contributed by atoms with van der Waals surface area (Å²) in [5.74, 6) is 0.0640. The summed E-state index contributed by atoms with van der Waals surface area (Å²) in [4.78, 5) is 28.1. The number of nitrogens with zero attached hydrogens (tertiary/aromatic N) is 2. The van der Waals surface area contributed by atoms with Crippen molar-refractivity contribution >= 4 is 27.5 Å². The molecule has 2 aromatic carbocycles. The SMILES string of the molecule is CC[C@H](C)NC(=O)[C@H](CC)N(Cc1ccccc1)C(=O)CCCN(c1ccccc1OC)S(C)(=O)=O. The molecule has 2 amide bonds. The first kappa shape index (κ1) is 29.2. The number of hydrogen-bond donors (Lipinski definition) is 1. The molecule has 0 aliphatic rings. The van der Waals surface area contributed by atoms with Crippen LogP contribution in [0.15, 0.2) is 54.6 Å². The predicted molar refractivity (Wildman–Crippen MR) is 143 cm³/mol. The highest BCUT2D eigenvalue weighted by Crippen LogP contribution is 2.29. The summed E-state index contributed by atoms with van der Waals surface area (Å²) in [5.41, 5.74) is 1.35. The van der Waals surface area contributed by atoms with Crippen LogP contribution in [0.25, 0.3) is 0 Å². The fraction of sp³-hybridized carbons (Fsp3) is 0.481. The standard InChI is InChI=1S/C27H39N3O5S/c1-6-21(3)28-27(32)23(7-2)29(20-22-14-9-8-10-15-22)26(31)18-13-19-30(36(5,33)34)24-16-11-12-17-25(24)35-4/h8-12,14-17,21,23H,6-7,13,18-20H2,1-5H3,(H,28,32)/t21-,23-/m0/s1. The maximum Gasteiger partial charge on any atom is 0.243 e. The van der Waals surface area contributed by atoms with Crippen molar-refractivity contribution in [3.05, 3.63) is 60.2 Å². The van der Waals surface area contributed by atoms with Crippen LogP contribution in [0.1, 0.15) is 52.0 Å². The number of methoxy groups -OCH3 is 1. The van der Waals surface area contributed by atoms with Crippen molar-refractivity contribution in [2.75, 3.05) is 24.2 Å². The average Bonchev–Trinajstić information content (AvgIpc) is 2.86. The van der Waals surface area contributed by atoms with Crippen molar-refractivity contribution in [2.45, 2.75) is 65.1 Å². The lowest BCUT2D eigenvalue weighted by atomic mass is 10.1. The summed E-state index contributed by atoms with van der Waals surface area (Å²) in [7, 11) is -2.12. The third-order valence-electron chi connectivity index (χ3n) is 6.09. The number of carbonyl (C=O) groups is 2. The van der Waals surface area contributed by atoms with Crippen molar-refractivity contribution in [3.8, 4) is 5.75 Å². The monoisotopic (exact) mass is 517 g/mol. The van der Waals surface area contributed by atoms with Crippen molar-refractivity contribution in [3.63, 3.8) is 0 Å². The van der Waals surface area contributed by atoms with Gasteiger partial charge in [-0.2, -0.15) is 0 Å². The lowest BCUT2D eigenvalue weighted by Crippen LogP contribution is -2.50. The second-order valence-electron chi connectivity index (χ2n) is 8.86. The van der Waals surface area contributed by atoms with E-state index in [1.165, 1.54) is 11.4 Å². The molecular weight excluding hydrogens is 478 g/mol. The fourth-order valence-corrected chi connectivity index (χ4v) is 4.93. The van der Waals surface area contributed by atoms with Crippen LogP contribution in [0.5, 0.6) is 5.75 Å².